The van der Waals surface area contributed by atoms with Crippen LogP contribution in [-0.4, -0.2) is 31.6 Å². The largest absolute Gasteiger partial charge is 0.357 e. The molecular formula is C16H24FN3O. The van der Waals surface area contributed by atoms with E-state index in [1.54, 1.807) is 6.07 Å². The van der Waals surface area contributed by atoms with Gasteiger partial charge in [0, 0.05) is 30.9 Å². The van der Waals surface area contributed by atoms with E-state index in [-0.39, 0.29) is 17.8 Å². The number of piperazine rings is 1. The van der Waals surface area contributed by atoms with Crippen molar-refractivity contribution in [2.45, 2.75) is 39.3 Å². The topological polar surface area (TPSA) is 44.4 Å². The Labute approximate surface area is 125 Å². The number of benzene rings is 1. The molecule has 0 saturated carbocycles. The predicted molar refractivity (Wildman–Crippen MR) is 82.8 cm³/mol. The Morgan fingerprint density at radius 3 is 2.95 bits per heavy atom. The maximum absolute atomic E-state index is 14.2. The lowest BCUT2D eigenvalue weighted by Gasteiger charge is -2.37. The van der Waals surface area contributed by atoms with E-state index in [0.717, 1.165) is 18.7 Å². The van der Waals surface area contributed by atoms with E-state index in [0.29, 0.717) is 31.6 Å². The molecule has 116 valence electrons. The molecule has 21 heavy (non-hydrogen) atoms. The van der Waals surface area contributed by atoms with Gasteiger partial charge < -0.3 is 15.5 Å². The molecule has 0 aliphatic carbocycles. The molecular weight excluding hydrogens is 269 g/mol. The average Bonchev–Trinajstić information content (AvgIpc) is 2.48. The van der Waals surface area contributed by atoms with Gasteiger partial charge in [0.2, 0.25) is 5.91 Å². The van der Waals surface area contributed by atoms with Crippen LogP contribution in [0.4, 0.5) is 10.1 Å². The number of rotatable bonds is 6. The predicted octanol–water partition coefficient (Wildman–Crippen LogP) is 2.04. The van der Waals surface area contributed by atoms with Gasteiger partial charge in [-0.2, -0.15) is 0 Å². The highest BCUT2D eigenvalue weighted by molar-refractivity contribution is 5.86. The fraction of sp³-hybridized carbons (Fsp3) is 0.562. The molecule has 1 aliphatic heterocycles. The fourth-order valence-electron chi connectivity index (χ4n) is 2.79. The van der Waals surface area contributed by atoms with Crippen molar-refractivity contribution in [2.24, 2.45) is 0 Å². The fourth-order valence-corrected chi connectivity index (χ4v) is 2.79. The monoisotopic (exact) mass is 293 g/mol. The number of hydrogen-bond acceptors (Lipinski definition) is 3. The molecule has 1 heterocycles. The summed E-state index contributed by atoms with van der Waals surface area (Å²) in [6.45, 7) is 6.73. The number of nitrogens with zero attached hydrogens (tertiary/aromatic N) is 1. The third-order valence-corrected chi connectivity index (χ3v) is 3.85. The Morgan fingerprint density at radius 1 is 1.43 bits per heavy atom. The van der Waals surface area contributed by atoms with Gasteiger partial charge in [-0.05, 0) is 31.5 Å². The van der Waals surface area contributed by atoms with Gasteiger partial charge in [0.1, 0.15) is 11.9 Å². The van der Waals surface area contributed by atoms with Gasteiger partial charge in [0.25, 0.3) is 0 Å². The standard InChI is InChI=1S/C16H24FN3O/c1-3-8-18-11-12-13(17)6-5-7-15(12)20-10-9-19-16(21)14(20)4-2/h5-7,14,18H,3-4,8-11H2,1-2H3,(H,19,21). The lowest BCUT2D eigenvalue weighted by atomic mass is 10.0. The second-order valence-electron chi connectivity index (χ2n) is 5.32. The molecule has 1 aromatic rings. The van der Waals surface area contributed by atoms with Crippen molar-refractivity contribution >= 4 is 11.6 Å². The third kappa shape index (κ3) is 3.53. The zero-order valence-electron chi connectivity index (χ0n) is 12.8. The number of nitrogens with one attached hydrogen (secondary N) is 2. The molecule has 1 amide bonds. The molecule has 1 atom stereocenters. The first-order valence-electron chi connectivity index (χ1n) is 7.71. The molecule has 4 nitrogen and oxygen atoms in total. The van der Waals surface area contributed by atoms with Crippen LogP contribution < -0.4 is 15.5 Å². The second-order valence-corrected chi connectivity index (χ2v) is 5.32. The summed E-state index contributed by atoms with van der Waals surface area (Å²) in [5.41, 5.74) is 1.49. The third-order valence-electron chi connectivity index (χ3n) is 3.85. The highest BCUT2D eigenvalue weighted by Gasteiger charge is 2.29. The minimum absolute atomic E-state index is 0.0282. The van der Waals surface area contributed by atoms with Crippen molar-refractivity contribution in [3.05, 3.63) is 29.6 Å². The SMILES string of the molecule is CCCNCc1c(F)cccc1N1CCNC(=O)C1CC. The van der Waals surface area contributed by atoms with Crippen LogP contribution in [0.2, 0.25) is 0 Å². The first-order chi connectivity index (χ1) is 10.2. The van der Waals surface area contributed by atoms with Crippen LogP contribution >= 0.6 is 0 Å². The van der Waals surface area contributed by atoms with Crippen LogP contribution in [0.3, 0.4) is 0 Å². The number of amides is 1. The summed E-state index contributed by atoms with van der Waals surface area (Å²) in [6.07, 6.45) is 1.72. The zero-order valence-corrected chi connectivity index (χ0v) is 12.8. The first kappa shape index (κ1) is 15.8. The van der Waals surface area contributed by atoms with Crippen LogP contribution in [0.25, 0.3) is 0 Å². The maximum atomic E-state index is 14.2. The second kappa shape index (κ2) is 7.41. The quantitative estimate of drug-likeness (QED) is 0.789. The Balaban J connectivity index is 2.28. The minimum Gasteiger partial charge on any atom is -0.357 e. The van der Waals surface area contributed by atoms with E-state index in [2.05, 4.69) is 17.6 Å². The lowest BCUT2D eigenvalue weighted by Crippen LogP contribution is -2.55. The number of halogens is 1. The van der Waals surface area contributed by atoms with Gasteiger partial charge >= 0.3 is 0 Å². The lowest BCUT2D eigenvalue weighted by molar-refractivity contribution is -0.123. The summed E-state index contributed by atoms with van der Waals surface area (Å²) in [5.74, 6) is -0.183. The highest BCUT2D eigenvalue weighted by atomic mass is 19.1. The van der Waals surface area contributed by atoms with Crippen molar-refractivity contribution in [3.8, 4) is 0 Å². The molecule has 0 bridgehead atoms. The minimum atomic E-state index is -0.217. The van der Waals surface area contributed by atoms with Crippen molar-refractivity contribution in [1.29, 1.82) is 0 Å². The summed E-state index contributed by atoms with van der Waals surface area (Å²) in [6, 6.07) is 4.89. The molecule has 0 radical (unpaired) electrons. The summed E-state index contributed by atoms with van der Waals surface area (Å²) in [4.78, 5) is 14.0. The molecule has 5 heteroatoms. The first-order valence-corrected chi connectivity index (χ1v) is 7.71. The van der Waals surface area contributed by atoms with Gasteiger partial charge in [-0.3, -0.25) is 4.79 Å². The number of anilines is 1. The van der Waals surface area contributed by atoms with Crippen LogP contribution in [0, 0.1) is 5.82 Å². The molecule has 1 fully saturated rings. The Morgan fingerprint density at radius 2 is 2.24 bits per heavy atom. The van der Waals surface area contributed by atoms with Crippen molar-refractivity contribution < 1.29 is 9.18 Å². The highest BCUT2D eigenvalue weighted by Crippen LogP contribution is 2.27. The Hall–Kier alpha value is -1.62. The smallest absolute Gasteiger partial charge is 0.242 e. The number of hydrogen-bond donors (Lipinski definition) is 2. The maximum Gasteiger partial charge on any atom is 0.242 e. The van der Waals surface area contributed by atoms with E-state index < -0.39 is 0 Å². The summed E-state index contributed by atoms with van der Waals surface area (Å²) in [7, 11) is 0. The van der Waals surface area contributed by atoms with E-state index in [9.17, 15) is 9.18 Å². The molecule has 2 rings (SSSR count). The summed E-state index contributed by atoms with van der Waals surface area (Å²) in [5, 5.41) is 6.13. The Bertz CT molecular complexity index is 492. The number of carbonyl (C=O) groups excluding carboxylic acids is 1. The average molecular weight is 293 g/mol. The van der Waals surface area contributed by atoms with Crippen LogP contribution in [0.1, 0.15) is 32.3 Å². The molecule has 1 saturated heterocycles. The van der Waals surface area contributed by atoms with E-state index in [4.69, 9.17) is 0 Å². The van der Waals surface area contributed by atoms with Gasteiger partial charge in [0.05, 0.1) is 0 Å². The van der Waals surface area contributed by atoms with Gasteiger partial charge in [-0.15, -0.1) is 0 Å². The van der Waals surface area contributed by atoms with E-state index >= 15 is 0 Å². The van der Waals surface area contributed by atoms with Gasteiger partial charge in [0.15, 0.2) is 0 Å². The van der Waals surface area contributed by atoms with Gasteiger partial charge in [-0.1, -0.05) is 19.9 Å². The van der Waals surface area contributed by atoms with Gasteiger partial charge in [-0.25, -0.2) is 4.39 Å². The molecule has 0 aromatic heterocycles. The molecule has 1 unspecified atom stereocenters. The summed E-state index contributed by atoms with van der Waals surface area (Å²) >= 11 is 0. The molecule has 1 aromatic carbocycles. The molecule has 2 N–H and O–H groups in total. The normalized spacial score (nSPS) is 18.7. The van der Waals surface area contributed by atoms with Crippen molar-refractivity contribution in [2.75, 3.05) is 24.5 Å². The number of carbonyl (C=O) groups is 1. The van der Waals surface area contributed by atoms with Crippen molar-refractivity contribution in [3.63, 3.8) is 0 Å². The van der Waals surface area contributed by atoms with Crippen molar-refractivity contribution in [1.82, 2.24) is 10.6 Å². The Kier molecular flexibility index (Phi) is 5.56. The van der Waals surface area contributed by atoms with E-state index in [1.165, 1.54) is 6.07 Å². The summed E-state index contributed by atoms with van der Waals surface area (Å²) < 4.78 is 14.2. The van der Waals surface area contributed by atoms with Crippen LogP contribution in [0.15, 0.2) is 18.2 Å². The zero-order chi connectivity index (χ0) is 15.2. The van der Waals surface area contributed by atoms with E-state index in [1.807, 2.05) is 17.9 Å². The molecule has 0 spiro atoms. The van der Waals surface area contributed by atoms with Crippen LogP contribution in [-0.2, 0) is 11.3 Å². The molecule has 1 aliphatic rings. The van der Waals surface area contributed by atoms with Crippen LogP contribution in [0.5, 0.6) is 0 Å².